The van der Waals surface area contributed by atoms with E-state index >= 15 is 0 Å². The van der Waals surface area contributed by atoms with Crippen molar-refractivity contribution < 1.29 is 14.4 Å². The van der Waals surface area contributed by atoms with Gasteiger partial charge in [0, 0.05) is 16.6 Å². The van der Waals surface area contributed by atoms with Gasteiger partial charge in [0.2, 0.25) is 5.91 Å². The standard InChI is InChI=1S/C18H14Cl2N2O3/c19-12-3-1-11(2-4-12)7-8-21-16(23)10-22-17(24)14-6-5-13(20)9-15(14)18(22)25/h1-6,9H,7-8,10H2,(H,21,23). The van der Waals surface area contributed by atoms with Gasteiger partial charge in [0.25, 0.3) is 11.8 Å². The van der Waals surface area contributed by atoms with E-state index in [1.165, 1.54) is 12.1 Å². The van der Waals surface area contributed by atoms with Gasteiger partial charge >= 0.3 is 0 Å². The molecule has 1 aliphatic heterocycles. The fourth-order valence-electron chi connectivity index (χ4n) is 2.60. The van der Waals surface area contributed by atoms with Crippen LogP contribution in [0.5, 0.6) is 0 Å². The number of fused-ring (bicyclic) bond motifs is 1. The first-order chi connectivity index (χ1) is 12.0. The molecule has 1 heterocycles. The number of hydrogen-bond acceptors (Lipinski definition) is 3. The molecule has 5 nitrogen and oxygen atoms in total. The molecular formula is C18H14Cl2N2O3. The molecule has 128 valence electrons. The molecule has 3 amide bonds. The summed E-state index contributed by atoms with van der Waals surface area (Å²) in [5.74, 6) is -1.38. The predicted molar refractivity (Wildman–Crippen MR) is 95.0 cm³/mol. The van der Waals surface area contributed by atoms with E-state index in [9.17, 15) is 14.4 Å². The minimum atomic E-state index is -0.504. The van der Waals surface area contributed by atoms with Crippen LogP contribution >= 0.6 is 23.2 Å². The third kappa shape index (κ3) is 3.83. The van der Waals surface area contributed by atoms with Crippen molar-refractivity contribution in [2.75, 3.05) is 13.1 Å². The van der Waals surface area contributed by atoms with Gasteiger partial charge in [0.1, 0.15) is 6.54 Å². The Bertz CT molecular complexity index is 850. The lowest BCUT2D eigenvalue weighted by Gasteiger charge is -2.13. The molecule has 0 unspecified atom stereocenters. The van der Waals surface area contributed by atoms with Gasteiger partial charge in [-0.05, 0) is 42.3 Å². The molecule has 1 aliphatic rings. The molecule has 25 heavy (non-hydrogen) atoms. The lowest BCUT2D eigenvalue weighted by atomic mass is 10.1. The third-order valence-corrected chi connectivity index (χ3v) is 4.37. The highest BCUT2D eigenvalue weighted by molar-refractivity contribution is 6.32. The lowest BCUT2D eigenvalue weighted by molar-refractivity contribution is -0.121. The third-order valence-electron chi connectivity index (χ3n) is 3.88. The molecule has 0 aromatic heterocycles. The molecule has 1 N–H and O–H groups in total. The monoisotopic (exact) mass is 376 g/mol. The maximum absolute atomic E-state index is 12.3. The zero-order chi connectivity index (χ0) is 18.0. The fraction of sp³-hybridized carbons (Fsp3) is 0.167. The van der Waals surface area contributed by atoms with Gasteiger partial charge in [-0.15, -0.1) is 0 Å². The second kappa shape index (κ2) is 7.25. The lowest BCUT2D eigenvalue weighted by Crippen LogP contribution is -2.40. The van der Waals surface area contributed by atoms with E-state index in [1.807, 2.05) is 12.1 Å². The smallest absolute Gasteiger partial charge is 0.262 e. The van der Waals surface area contributed by atoms with Gasteiger partial charge in [-0.1, -0.05) is 35.3 Å². The summed E-state index contributed by atoms with van der Waals surface area (Å²) >= 11 is 11.7. The van der Waals surface area contributed by atoms with E-state index in [0.717, 1.165) is 10.5 Å². The van der Waals surface area contributed by atoms with Crippen molar-refractivity contribution in [1.82, 2.24) is 10.2 Å². The van der Waals surface area contributed by atoms with Crippen LogP contribution < -0.4 is 5.32 Å². The summed E-state index contributed by atoms with van der Waals surface area (Å²) in [6.45, 7) is 0.0834. The Morgan fingerprint density at radius 2 is 1.56 bits per heavy atom. The van der Waals surface area contributed by atoms with Crippen LogP contribution in [0.1, 0.15) is 26.3 Å². The predicted octanol–water partition coefficient (Wildman–Crippen LogP) is 2.95. The van der Waals surface area contributed by atoms with Crippen molar-refractivity contribution in [3.8, 4) is 0 Å². The molecule has 0 bridgehead atoms. The van der Waals surface area contributed by atoms with E-state index in [2.05, 4.69) is 5.32 Å². The van der Waals surface area contributed by atoms with Crippen LogP contribution in [-0.4, -0.2) is 35.7 Å². The molecule has 0 atom stereocenters. The topological polar surface area (TPSA) is 66.5 Å². The van der Waals surface area contributed by atoms with Gasteiger partial charge in [-0.3, -0.25) is 19.3 Å². The van der Waals surface area contributed by atoms with Crippen LogP contribution in [0.4, 0.5) is 0 Å². The summed E-state index contributed by atoms with van der Waals surface area (Å²) in [6, 6.07) is 11.8. The maximum Gasteiger partial charge on any atom is 0.262 e. The van der Waals surface area contributed by atoms with Crippen LogP contribution in [0.15, 0.2) is 42.5 Å². The Morgan fingerprint density at radius 1 is 0.920 bits per heavy atom. The Labute approximate surface area is 154 Å². The molecule has 0 saturated carbocycles. The number of halogens is 2. The maximum atomic E-state index is 12.3. The normalized spacial score (nSPS) is 13.1. The second-order valence-corrected chi connectivity index (χ2v) is 6.49. The van der Waals surface area contributed by atoms with Crippen LogP contribution in [0, 0.1) is 0 Å². The Kier molecular flexibility index (Phi) is 5.06. The number of nitrogens with one attached hydrogen (secondary N) is 1. The first-order valence-electron chi connectivity index (χ1n) is 7.62. The van der Waals surface area contributed by atoms with Crippen LogP contribution in [0.3, 0.4) is 0 Å². The molecule has 0 spiro atoms. The van der Waals surface area contributed by atoms with E-state index in [1.54, 1.807) is 18.2 Å². The van der Waals surface area contributed by atoms with Crippen LogP contribution in [0.25, 0.3) is 0 Å². The average Bonchev–Trinajstić information content (AvgIpc) is 2.81. The van der Waals surface area contributed by atoms with Crippen molar-refractivity contribution in [3.63, 3.8) is 0 Å². The summed E-state index contributed by atoms with van der Waals surface area (Å²) in [7, 11) is 0. The van der Waals surface area contributed by atoms with Crippen molar-refractivity contribution >= 4 is 40.9 Å². The number of amides is 3. The zero-order valence-corrected chi connectivity index (χ0v) is 14.6. The summed E-state index contributed by atoms with van der Waals surface area (Å²) in [4.78, 5) is 37.5. The van der Waals surface area contributed by atoms with E-state index in [4.69, 9.17) is 23.2 Å². The first kappa shape index (κ1) is 17.5. The number of carbonyl (C=O) groups excluding carboxylic acids is 3. The molecule has 2 aromatic carbocycles. The largest absolute Gasteiger partial charge is 0.354 e. The van der Waals surface area contributed by atoms with Crippen molar-refractivity contribution in [2.45, 2.75) is 6.42 Å². The summed E-state index contributed by atoms with van der Waals surface area (Å²) < 4.78 is 0. The van der Waals surface area contributed by atoms with Crippen molar-refractivity contribution in [2.24, 2.45) is 0 Å². The highest BCUT2D eigenvalue weighted by atomic mass is 35.5. The minimum Gasteiger partial charge on any atom is -0.354 e. The van der Waals surface area contributed by atoms with Gasteiger partial charge < -0.3 is 5.32 Å². The molecule has 2 aromatic rings. The summed E-state index contributed by atoms with van der Waals surface area (Å²) in [5, 5.41) is 3.73. The zero-order valence-electron chi connectivity index (χ0n) is 13.1. The molecule has 0 aliphatic carbocycles. The molecule has 0 fully saturated rings. The molecular weight excluding hydrogens is 363 g/mol. The number of benzene rings is 2. The summed E-state index contributed by atoms with van der Waals surface area (Å²) in [6.07, 6.45) is 0.626. The minimum absolute atomic E-state index is 0.228. The Hall–Kier alpha value is -2.37. The van der Waals surface area contributed by atoms with E-state index in [-0.39, 0.29) is 17.7 Å². The quantitative estimate of drug-likeness (QED) is 0.815. The fourth-order valence-corrected chi connectivity index (χ4v) is 2.90. The highest BCUT2D eigenvalue weighted by Crippen LogP contribution is 2.25. The molecule has 0 radical (unpaired) electrons. The number of nitrogens with zero attached hydrogens (tertiary/aromatic N) is 1. The number of carbonyl (C=O) groups is 3. The Balaban J connectivity index is 1.56. The second-order valence-electron chi connectivity index (χ2n) is 5.61. The number of rotatable bonds is 5. The van der Waals surface area contributed by atoms with E-state index < -0.39 is 17.7 Å². The number of imide groups is 1. The van der Waals surface area contributed by atoms with Crippen LogP contribution in [-0.2, 0) is 11.2 Å². The van der Waals surface area contributed by atoms with Gasteiger partial charge in [-0.25, -0.2) is 0 Å². The van der Waals surface area contributed by atoms with Gasteiger partial charge in [0.15, 0.2) is 0 Å². The Morgan fingerprint density at radius 3 is 2.28 bits per heavy atom. The van der Waals surface area contributed by atoms with Gasteiger partial charge in [-0.2, -0.15) is 0 Å². The molecule has 7 heteroatoms. The summed E-state index contributed by atoms with van der Waals surface area (Å²) in [5.41, 5.74) is 1.52. The average molecular weight is 377 g/mol. The molecule has 3 rings (SSSR count). The highest BCUT2D eigenvalue weighted by Gasteiger charge is 2.36. The molecule has 0 saturated heterocycles. The first-order valence-corrected chi connectivity index (χ1v) is 8.38. The van der Waals surface area contributed by atoms with Crippen molar-refractivity contribution in [1.29, 1.82) is 0 Å². The van der Waals surface area contributed by atoms with Crippen molar-refractivity contribution in [3.05, 3.63) is 69.2 Å². The number of hydrogen-bond donors (Lipinski definition) is 1. The SMILES string of the molecule is O=C(CN1C(=O)c2ccc(Cl)cc2C1=O)NCCc1ccc(Cl)cc1. The van der Waals surface area contributed by atoms with Crippen LogP contribution in [0.2, 0.25) is 10.0 Å². The van der Waals surface area contributed by atoms with E-state index in [0.29, 0.717) is 23.0 Å². The van der Waals surface area contributed by atoms with Gasteiger partial charge in [0.05, 0.1) is 11.1 Å².